The lowest BCUT2D eigenvalue weighted by Gasteiger charge is -2.51. The van der Waals surface area contributed by atoms with Crippen LogP contribution in [0, 0.1) is 10.8 Å². The molecule has 0 unspecified atom stereocenters. The molecule has 0 radical (unpaired) electrons. The summed E-state index contributed by atoms with van der Waals surface area (Å²) in [5.74, 6) is -0.222. The van der Waals surface area contributed by atoms with Crippen molar-refractivity contribution in [1.82, 2.24) is 4.98 Å². The van der Waals surface area contributed by atoms with Gasteiger partial charge >= 0.3 is 5.76 Å². The zero-order valence-electron chi connectivity index (χ0n) is 18.4. The fourth-order valence-electron chi connectivity index (χ4n) is 7.28. The van der Waals surface area contributed by atoms with E-state index in [1.165, 1.54) is 28.7 Å². The summed E-state index contributed by atoms with van der Waals surface area (Å²) < 4.78 is 5.37. The van der Waals surface area contributed by atoms with Gasteiger partial charge in [-0.1, -0.05) is 52.0 Å². The molecule has 4 aromatic rings. The van der Waals surface area contributed by atoms with E-state index in [2.05, 4.69) is 56.9 Å². The van der Waals surface area contributed by atoms with E-state index < -0.39 is 5.76 Å². The summed E-state index contributed by atoms with van der Waals surface area (Å²) in [6.45, 7) is 9.48. The van der Waals surface area contributed by atoms with Gasteiger partial charge in [-0.15, -0.1) is 0 Å². The van der Waals surface area contributed by atoms with Crippen molar-refractivity contribution < 1.29 is 9.52 Å². The van der Waals surface area contributed by atoms with Crippen LogP contribution in [0.3, 0.4) is 0 Å². The molecular weight excluding hydrogens is 386 g/mol. The fourth-order valence-corrected chi connectivity index (χ4v) is 7.28. The summed E-state index contributed by atoms with van der Waals surface area (Å²) >= 11 is 0. The van der Waals surface area contributed by atoms with Crippen LogP contribution in [0.5, 0.6) is 5.75 Å². The minimum atomic E-state index is -0.478. The first-order valence-electron chi connectivity index (χ1n) is 11.0. The highest BCUT2D eigenvalue weighted by molar-refractivity contribution is 6.09. The van der Waals surface area contributed by atoms with E-state index in [1.807, 2.05) is 18.2 Å². The summed E-state index contributed by atoms with van der Waals surface area (Å²) in [4.78, 5) is 14.5. The second kappa shape index (κ2) is 5.61. The lowest BCUT2D eigenvalue weighted by molar-refractivity contribution is 0.0645. The summed E-state index contributed by atoms with van der Waals surface area (Å²) in [5, 5.41) is 12.8. The van der Waals surface area contributed by atoms with Crippen molar-refractivity contribution in [2.75, 3.05) is 0 Å². The Morgan fingerprint density at radius 2 is 1.61 bits per heavy atom. The van der Waals surface area contributed by atoms with Crippen LogP contribution >= 0.6 is 0 Å². The Bertz CT molecular complexity index is 1430. The Hall–Kier alpha value is -3.01. The molecule has 0 bridgehead atoms. The molecule has 3 aromatic carbocycles. The highest BCUT2D eigenvalue weighted by atomic mass is 16.4. The van der Waals surface area contributed by atoms with Crippen molar-refractivity contribution >= 4 is 21.9 Å². The predicted octanol–water partition coefficient (Wildman–Crippen LogP) is 6.48. The predicted molar refractivity (Wildman–Crippen MR) is 124 cm³/mol. The number of rotatable bonds is 0. The highest BCUT2D eigenvalue weighted by Crippen LogP contribution is 2.64. The fraction of sp³-hybridized carbons (Fsp3) is 0.370. The molecule has 2 aliphatic rings. The zero-order valence-corrected chi connectivity index (χ0v) is 18.4. The first-order chi connectivity index (χ1) is 14.6. The molecule has 2 N–H and O–H groups in total. The quantitative estimate of drug-likeness (QED) is 0.347. The van der Waals surface area contributed by atoms with Gasteiger partial charge in [-0.05, 0) is 75.9 Å². The number of H-pyrrole nitrogens is 1. The van der Waals surface area contributed by atoms with E-state index in [4.69, 9.17) is 4.42 Å². The molecule has 1 spiro atoms. The van der Waals surface area contributed by atoms with Crippen LogP contribution in [0.1, 0.15) is 58.1 Å². The molecule has 31 heavy (non-hydrogen) atoms. The first-order valence-corrected chi connectivity index (χ1v) is 11.0. The third-order valence-electron chi connectivity index (χ3n) is 7.40. The van der Waals surface area contributed by atoms with Crippen LogP contribution < -0.4 is 5.76 Å². The maximum Gasteiger partial charge on any atom is 0.417 e. The topological polar surface area (TPSA) is 66.2 Å². The highest BCUT2D eigenvalue weighted by Gasteiger charge is 2.53. The van der Waals surface area contributed by atoms with Crippen molar-refractivity contribution in [3.05, 3.63) is 64.1 Å². The lowest BCUT2D eigenvalue weighted by Crippen LogP contribution is -2.43. The van der Waals surface area contributed by atoms with E-state index >= 15 is 0 Å². The zero-order chi connectivity index (χ0) is 21.8. The molecule has 158 valence electrons. The molecule has 0 saturated heterocycles. The standard InChI is InChI=1S/C27H27NO3/c1-25(2)12-26(3,4)14-27(13-25)18-8-6-5-7-15(18)23-17-10-22-20(28-24(30)31-22)9-16(17)21(29)11-19(23)27/h5-11,29H,12-14H2,1-4H3,(H,28,30). The number of aromatic hydroxyl groups is 1. The number of nitrogens with one attached hydrogen (secondary N) is 1. The molecule has 0 aliphatic heterocycles. The Balaban J connectivity index is 1.76. The number of aromatic nitrogens is 1. The summed E-state index contributed by atoms with van der Waals surface area (Å²) in [6, 6.07) is 14.4. The van der Waals surface area contributed by atoms with Crippen molar-refractivity contribution in [1.29, 1.82) is 0 Å². The van der Waals surface area contributed by atoms with Crippen LogP contribution in [-0.4, -0.2) is 10.1 Å². The molecule has 0 atom stereocenters. The van der Waals surface area contributed by atoms with E-state index in [9.17, 15) is 9.90 Å². The second-order valence-electron chi connectivity index (χ2n) is 11.2. The van der Waals surface area contributed by atoms with Crippen molar-refractivity contribution in [3.63, 3.8) is 0 Å². The molecule has 4 heteroatoms. The smallest absolute Gasteiger partial charge is 0.417 e. The van der Waals surface area contributed by atoms with Gasteiger partial charge in [0.05, 0.1) is 5.52 Å². The van der Waals surface area contributed by atoms with Gasteiger partial charge in [0, 0.05) is 10.8 Å². The van der Waals surface area contributed by atoms with Gasteiger partial charge in [0.2, 0.25) is 0 Å². The molecule has 0 amide bonds. The first kappa shape index (κ1) is 18.7. The van der Waals surface area contributed by atoms with Gasteiger partial charge < -0.3 is 9.52 Å². The second-order valence-corrected chi connectivity index (χ2v) is 11.2. The Morgan fingerprint density at radius 1 is 0.903 bits per heavy atom. The van der Waals surface area contributed by atoms with Crippen LogP contribution in [0.2, 0.25) is 0 Å². The average Bonchev–Trinajstić information content (AvgIpc) is 3.13. The Kier molecular flexibility index (Phi) is 3.39. The van der Waals surface area contributed by atoms with Gasteiger partial charge in [-0.25, -0.2) is 4.79 Å². The largest absolute Gasteiger partial charge is 0.507 e. The van der Waals surface area contributed by atoms with Crippen LogP contribution in [-0.2, 0) is 5.41 Å². The van der Waals surface area contributed by atoms with E-state index in [-0.39, 0.29) is 22.0 Å². The monoisotopic (exact) mass is 413 g/mol. The number of phenols is 1. The van der Waals surface area contributed by atoms with E-state index in [1.54, 1.807) is 0 Å². The molecule has 1 aromatic heterocycles. The minimum Gasteiger partial charge on any atom is -0.507 e. The summed E-state index contributed by atoms with van der Waals surface area (Å²) in [5.41, 5.74) is 6.30. The third-order valence-corrected chi connectivity index (χ3v) is 7.40. The van der Waals surface area contributed by atoms with Gasteiger partial charge in [0.15, 0.2) is 5.58 Å². The third kappa shape index (κ3) is 2.51. The molecule has 2 aliphatic carbocycles. The van der Waals surface area contributed by atoms with Crippen molar-refractivity contribution in [2.24, 2.45) is 10.8 Å². The number of fused-ring (bicyclic) bond motifs is 8. The van der Waals surface area contributed by atoms with Crippen LogP contribution in [0.4, 0.5) is 0 Å². The van der Waals surface area contributed by atoms with Crippen LogP contribution in [0.15, 0.2) is 51.7 Å². The van der Waals surface area contributed by atoms with Crippen molar-refractivity contribution in [3.8, 4) is 16.9 Å². The van der Waals surface area contributed by atoms with E-state index in [0.717, 1.165) is 23.6 Å². The Labute approximate surface area is 180 Å². The molecule has 1 saturated carbocycles. The molecule has 6 rings (SSSR count). The Morgan fingerprint density at radius 3 is 2.35 bits per heavy atom. The number of hydrogen-bond donors (Lipinski definition) is 2. The maximum absolute atomic E-state index is 11.8. The molecule has 4 nitrogen and oxygen atoms in total. The summed E-state index contributed by atoms with van der Waals surface area (Å²) in [7, 11) is 0. The number of oxazole rings is 1. The van der Waals surface area contributed by atoms with Gasteiger partial charge in [0.1, 0.15) is 5.75 Å². The van der Waals surface area contributed by atoms with Crippen LogP contribution in [0.25, 0.3) is 33.0 Å². The van der Waals surface area contributed by atoms with Gasteiger partial charge in [0.25, 0.3) is 0 Å². The number of hydrogen-bond acceptors (Lipinski definition) is 3. The summed E-state index contributed by atoms with van der Waals surface area (Å²) in [6.07, 6.45) is 3.26. The number of aromatic amines is 1. The normalized spacial score (nSPS) is 20.3. The molecule has 1 heterocycles. The van der Waals surface area contributed by atoms with Crippen molar-refractivity contribution in [2.45, 2.75) is 52.4 Å². The van der Waals surface area contributed by atoms with Gasteiger partial charge in [-0.3, -0.25) is 4.98 Å². The number of benzene rings is 3. The lowest BCUT2D eigenvalue weighted by atomic mass is 9.52. The maximum atomic E-state index is 11.8. The SMILES string of the molecule is CC1(C)CC(C)(C)CC2(C1)c1ccccc1-c1c2cc(O)c2cc3[nH]c(=O)oc3cc12. The molecular formula is C27H27NO3. The number of phenolic OH excluding ortho intramolecular Hbond substituents is 1. The average molecular weight is 414 g/mol. The van der Waals surface area contributed by atoms with Gasteiger partial charge in [-0.2, -0.15) is 0 Å². The van der Waals surface area contributed by atoms with E-state index in [0.29, 0.717) is 11.1 Å². The molecule has 1 fully saturated rings. The minimum absolute atomic E-state index is 0.142.